The predicted octanol–water partition coefficient (Wildman–Crippen LogP) is 4.90. The molecule has 1 N–H and O–H groups in total. The lowest BCUT2D eigenvalue weighted by atomic mass is 9.66. The summed E-state index contributed by atoms with van der Waals surface area (Å²) >= 11 is 1.67. The van der Waals surface area contributed by atoms with E-state index in [1.165, 1.54) is 0 Å². The number of hydrogen-bond acceptors (Lipinski definition) is 5. The zero-order valence-electron chi connectivity index (χ0n) is 25.5. The molecule has 0 aliphatic carbocycles. The maximum Gasteiger partial charge on any atom is 0.251 e. The molecule has 3 aliphatic heterocycles. The molecule has 3 fully saturated rings. The molecule has 3 aliphatic rings. The second kappa shape index (κ2) is 12.3. The van der Waals surface area contributed by atoms with Crippen molar-refractivity contribution in [3.63, 3.8) is 0 Å². The van der Waals surface area contributed by atoms with Crippen molar-refractivity contribution in [2.24, 2.45) is 11.8 Å². The maximum atomic E-state index is 14.8. The number of aliphatic hydroxyl groups excluding tert-OH is 1. The normalized spacial score (nSPS) is 27.2. The smallest absolute Gasteiger partial charge is 0.251 e. The largest absolute Gasteiger partial charge is 0.396 e. The first kappa shape index (κ1) is 31.1. The van der Waals surface area contributed by atoms with Gasteiger partial charge in [-0.25, -0.2) is 0 Å². The first-order chi connectivity index (χ1) is 20.6. The standard InChI is InChI=1S/C35H43N3O4S/c1-6-19-36(23-26-15-9-8-10-16-26)31(40)27-28-32(41)38(21-12-22-39)30(35(28)18-17-34(27,5)43-35)33(42)37(20-7-2)29-24(3)13-11-14-25(29)4/h6-11,13-16,27-28,30,39H,1-2,12,17-23H2,3-5H3/t27-,28+,30?,34+,35?/m1/s1. The van der Waals surface area contributed by atoms with Gasteiger partial charge in [-0.3, -0.25) is 14.4 Å². The second-order valence-electron chi connectivity index (χ2n) is 12.3. The molecular weight excluding hydrogens is 558 g/mol. The number of aryl methyl sites for hydroxylation is 2. The molecule has 3 amide bonds. The summed E-state index contributed by atoms with van der Waals surface area (Å²) in [7, 11) is 0. The predicted molar refractivity (Wildman–Crippen MR) is 173 cm³/mol. The number of rotatable bonds is 12. The van der Waals surface area contributed by atoms with Crippen LogP contribution in [0.1, 0.15) is 42.9 Å². The van der Waals surface area contributed by atoms with Gasteiger partial charge in [0.05, 0.1) is 16.6 Å². The molecule has 2 bridgehead atoms. The Labute approximate surface area is 259 Å². The molecule has 7 nitrogen and oxygen atoms in total. The molecule has 8 heteroatoms. The average molecular weight is 602 g/mol. The first-order valence-electron chi connectivity index (χ1n) is 15.2. The summed E-state index contributed by atoms with van der Waals surface area (Å²) in [5, 5.41) is 9.75. The van der Waals surface area contributed by atoms with E-state index in [2.05, 4.69) is 20.1 Å². The van der Waals surface area contributed by atoms with E-state index in [4.69, 9.17) is 0 Å². The number of aliphatic hydroxyl groups is 1. The number of benzene rings is 2. The molecule has 0 aromatic heterocycles. The summed E-state index contributed by atoms with van der Waals surface area (Å²) in [6.07, 6.45) is 5.23. The van der Waals surface area contributed by atoms with Gasteiger partial charge < -0.3 is 19.8 Å². The van der Waals surface area contributed by atoms with Crippen molar-refractivity contribution in [3.05, 3.63) is 90.5 Å². The summed E-state index contributed by atoms with van der Waals surface area (Å²) < 4.78 is -1.21. The Morgan fingerprint density at radius 3 is 2.33 bits per heavy atom. The summed E-state index contributed by atoms with van der Waals surface area (Å²) in [4.78, 5) is 49.1. The number of para-hydroxylation sites is 1. The molecule has 3 saturated heterocycles. The van der Waals surface area contributed by atoms with Crippen molar-refractivity contribution in [1.29, 1.82) is 0 Å². The van der Waals surface area contributed by atoms with Crippen LogP contribution in [0, 0.1) is 25.7 Å². The van der Waals surface area contributed by atoms with Crippen LogP contribution >= 0.6 is 11.8 Å². The highest BCUT2D eigenvalue weighted by atomic mass is 32.2. The molecule has 2 unspecified atom stereocenters. The Hall–Kier alpha value is -3.36. The zero-order chi connectivity index (χ0) is 30.9. The van der Waals surface area contributed by atoms with Crippen LogP contribution in [0.15, 0.2) is 73.8 Å². The van der Waals surface area contributed by atoms with Crippen LogP contribution < -0.4 is 4.90 Å². The highest BCUT2D eigenvalue weighted by Gasteiger charge is 2.77. The van der Waals surface area contributed by atoms with Gasteiger partial charge in [-0.2, -0.15) is 0 Å². The van der Waals surface area contributed by atoms with Gasteiger partial charge in [0.2, 0.25) is 11.8 Å². The number of anilines is 1. The van der Waals surface area contributed by atoms with E-state index < -0.39 is 27.4 Å². The van der Waals surface area contributed by atoms with Crippen molar-refractivity contribution in [2.45, 2.75) is 62.1 Å². The van der Waals surface area contributed by atoms with E-state index in [0.29, 0.717) is 32.5 Å². The molecule has 43 heavy (non-hydrogen) atoms. The van der Waals surface area contributed by atoms with Gasteiger partial charge >= 0.3 is 0 Å². The fraction of sp³-hybridized carbons (Fsp3) is 0.457. The minimum Gasteiger partial charge on any atom is -0.396 e. The van der Waals surface area contributed by atoms with Crippen molar-refractivity contribution in [1.82, 2.24) is 9.80 Å². The third-order valence-electron chi connectivity index (χ3n) is 9.50. The quantitative estimate of drug-likeness (QED) is 0.350. The van der Waals surface area contributed by atoms with Crippen LogP contribution in [0.5, 0.6) is 0 Å². The van der Waals surface area contributed by atoms with E-state index in [1.54, 1.807) is 38.6 Å². The van der Waals surface area contributed by atoms with Gasteiger partial charge in [0, 0.05) is 43.2 Å². The monoisotopic (exact) mass is 601 g/mol. The molecule has 0 saturated carbocycles. The van der Waals surface area contributed by atoms with Crippen LogP contribution in [0.25, 0.3) is 0 Å². The lowest BCUT2D eigenvalue weighted by Gasteiger charge is -2.38. The topological polar surface area (TPSA) is 81.2 Å². The zero-order valence-corrected chi connectivity index (χ0v) is 26.3. The number of carbonyl (C=O) groups excluding carboxylic acids is 3. The Balaban J connectivity index is 1.57. The third kappa shape index (κ3) is 5.22. The van der Waals surface area contributed by atoms with Crippen LogP contribution in [0.2, 0.25) is 0 Å². The molecular formula is C35H43N3O4S. The van der Waals surface area contributed by atoms with Gasteiger partial charge in [-0.05, 0) is 56.7 Å². The van der Waals surface area contributed by atoms with Crippen LogP contribution in [-0.4, -0.2) is 74.4 Å². The summed E-state index contributed by atoms with van der Waals surface area (Å²) in [5.41, 5.74) is 3.79. The van der Waals surface area contributed by atoms with Crippen LogP contribution in [0.4, 0.5) is 5.69 Å². The highest BCUT2D eigenvalue weighted by Crippen LogP contribution is 2.71. The second-order valence-corrected chi connectivity index (χ2v) is 14.2. The minimum atomic E-state index is -0.748. The van der Waals surface area contributed by atoms with Crippen LogP contribution in [-0.2, 0) is 20.9 Å². The fourth-order valence-electron chi connectivity index (χ4n) is 7.75. The SMILES string of the molecule is C=CCN(Cc1ccccc1)C(=O)[C@H]1[C@H]2C(=O)N(CCCO)C(C(=O)N(CC=C)c3c(C)cccc3C)C23CC[C@]1(C)S3. The summed E-state index contributed by atoms with van der Waals surface area (Å²) in [6.45, 7) is 15.2. The lowest BCUT2D eigenvalue weighted by molar-refractivity contribution is -0.145. The number of fused-ring (bicyclic) bond motifs is 1. The Morgan fingerprint density at radius 2 is 1.70 bits per heavy atom. The van der Waals surface area contributed by atoms with Crippen LogP contribution in [0.3, 0.4) is 0 Å². The number of nitrogens with zero attached hydrogens (tertiary/aromatic N) is 3. The average Bonchev–Trinajstić information content (AvgIpc) is 3.55. The van der Waals surface area contributed by atoms with E-state index in [1.807, 2.05) is 62.4 Å². The van der Waals surface area contributed by atoms with Gasteiger partial charge in [0.15, 0.2) is 0 Å². The van der Waals surface area contributed by atoms with Crippen molar-refractivity contribution < 1.29 is 19.5 Å². The number of thioether (sulfide) groups is 1. The van der Waals surface area contributed by atoms with Crippen molar-refractivity contribution >= 4 is 35.2 Å². The van der Waals surface area contributed by atoms with E-state index in [9.17, 15) is 19.5 Å². The summed E-state index contributed by atoms with van der Waals surface area (Å²) in [6, 6.07) is 15.1. The minimum absolute atomic E-state index is 0.0634. The van der Waals surface area contributed by atoms with Gasteiger partial charge in [0.1, 0.15) is 6.04 Å². The lowest BCUT2D eigenvalue weighted by Crippen LogP contribution is -2.55. The highest BCUT2D eigenvalue weighted by molar-refractivity contribution is 8.02. The van der Waals surface area contributed by atoms with Gasteiger partial charge in [-0.15, -0.1) is 24.9 Å². The van der Waals surface area contributed by atoms with E-state index >= 15 is 0 Å². The molecule has 1 spiro atoms. The summed E-state index contributed by atoms with van der Waals surface area (Å²) in [5.74, 6) is -1.55. The molecule has 5 atom stereocenters. The molecule has 2 aromatic rings. The van der Waals surface area contributed by atoms with Crippen molar-refractivity contribution in [2.75, 3.05) is 31.1 Å². The molecule has 3 heterocycles. The van der Waals surface area contributed by atoms with Gasteiger partial charge in [-0.1, -0.05) is 60.7 Å². The van der Waals surface area contributed by atoms with E-state index in [-0.39, 0.29) is 30.9 Å². The Bertz CT molecular complexity index is 1390. The number of carbonyl (C=O) groups is 3. The number of hydrogen-bond donors (Lipinski definition) is 1. The van der Waals surface area contributed by atoms with Crippen molar-refractivity contribution in [3.8, 4) is 0 Å². The van der Waals surface area contributed by atoms with E-state index in [0.717, 1.165) is 28.8 Å². The number of amides is 3. The molecule has 228 valence electrons. The first-order valence-corrected chi connectivity index (χ1v) is 16.0. The molecule has 5 rings (SSSR count). The molecule has 0 radical (unpaired) electrons. The Kier molecular flexibility index (Phi) is 8.91. The fourth-order valence-corrected chi connectivity index (χ4v) is 10.1. The third-order valence-corrected chi connectivity index (χ3v) is 11.5. The number of likely N-dealkylation sites (tertiary alicyclic amines) is 1. The molecule has 2 aromatic carbocycles. The van der Waals surface area contributed by atoms with Gasteiger partial charge in [0.25, 0.3) is 5.91 Å². The Morgan fingerprint density at radius 1 is 1.02 bits per heavy atom. The maximum absolute atomic E-state index is 14.8.